The fourth-order valence-electron chi connectivity index (χ4n) is 2.28. The molecule has 0 saturated carbocycles. The molecule has 0 atom stereocenters. The van der Waals surface area contributed by atoms with Gasteiger partial charge in [0, 0.05) is 37.3 Å². The molecule has 1 heterocycles. The second-order valence-electron chi connectivity index (χ2n) is 4.70. The number of benzene rings is 1. The fourth-order valence-corrected chi connectivity index (χ4v) is 2.28. The summed E-state index contributed by atoms with van der Waals surface area (Å²) in [5.74, 6) is 3.13. The van der Waals surface area contributed by atoms with Crippen LogP contribution in [0.15, 0.2) is 17.1 Å². The van der Waals surface area contributed by atoms with E-state index in [1.807, 2.05) is 12.1 Å². The number of guanidine groups is 1. The molecule has 0 unspecified atom stereocenters. The Morgan fingerprint density at radius 1 is 1.14 bits per heavy atom. The first-order chi connectivity index (χ1) is 10.3. The van der Waals surface area contributed by atoms with Gasteiger partial charge in [-0.2, -0.15) is 0 Å². The van der Waals surface area contributed by atoms with Crippen LogP contribution in [0.4, 0.5) is 0 Å². The molecule has 0 fully saturated rings. The lowest BCUT2D eigenvalue weighted by atomic mass is 10.1. The van der Waals surface area contributed by atoms with E-state index in [1.165, 1.54) is 0 Å². The number of hydrogen-bond acceptors (Lipinski definition) is 6. The van der Waals surface area contributed by atoms with Crippen molar-refractivity contribution < 1.29 is 14.2 Å². The summed E-state index contributed by atoms with van der Waals surface area (Å²) in [6, 6.07) is 3.74. The zero-order valence-electron chi connectivity index (χ0n) is 12.9. The summed E-state index contributed by atoms with van der Waals surface area (Å²) in [6.45, 7) is 2.61. The number of aliphatic imine (C=N–C) groups is 1. The second-order valence-corrected chi connectivity index (χ2v) is 4.70. The van der Waals surface area contributed by atoms with E-state index in [0.29, 0.717) is 0 Å². The number of methoxy groups -OCH3 is 3. The van der Waals surface area contributed by atoms with Crippen molar-refractivity contribution in [2.24, 2.45) is 4.99 Å². The Bertz CT molecular complexity index is 478. The Hall–Kier alpha value is -2.11. The summed E-state index contributed by atoms with van der Waals surface area (Å²) >= 11 is 0. The maximum absolute atomic E-state index is 5.44. The molecule has 0 bridgehead atoms. The minimum atomic E-state index is 0.721. The molecule has 0 saturated heterocycles. The lowest BCUT2D eigenvalue weighted by Gasteiger charge is -2.18. The highest BCUT2D eigenvalue weighted by atomic mass is 16.5. The average Bonchev–Trinajstić information content (AvgIpc) is 2.55. The minimum absolute atomic E-state index is 0.721. The standard InChI is InChI=1S/C15H23N3O3/c1-19-11-9-13(20-2)12(14(10-11)21-3)5-8-18-15-16-6-4-7-17-15/h9-10H,4-8H2,1-3H3,(H2,16,17,18). The van der Waals surface area contributed by atoms with Crippen LogP contribution in [0.3, 0.4) is 0 Å². The van der Waals surface area contributed by atoms with E-state index < -0.39 is 0 Å². The molecule has 0 amide bonds. The molecule has 1 aromatic rings. The summed E-state index contributed by atoms with van der Waals surface area (Å²) in [6.07, 6.45) is 1.86. The number of rotatable bonds is 6. The number of nitrogens with one attached hydrogen (secondary N) is 2. The molecular weight excluding hydrogens is 270 g/mol. The third-order valence-corrected chi connectivity index (χ3v) is 3.38. The van der Waals surface area contributed by atoms with Gasteiger partial charge in [0.2, 0.25) is 0 Å². The molecule has 21 heavy (non-hydrogen) atoms. The van der Waals surface area contributed by atoms with Gasteiger partial charge in [0.1, 0.15) is 17.2 Å². The first kappa shape index (κ1) is 15.3. The van der Waals surface area contributed by atoms with Gasteiger partial charge in [0.05, 0.1) is 21.3 Å². The van der Waals surface area contributed by atoms with Crippen molar-refractivity contribution in [3.8, 4) is 17.2 Å². The quantitative estimate of drug-likeness (QED) is 0.825. The molecule has 0 spiro atoms. The number of ether oxygens (including phenoxy) is 3. The molecular formula is C15H23N3O3. The van der Waals surface area contributed by atoms with E-state index in [2.05, 4.69) is 15.6 Å². The summed E-state index contributed by atoms with van der Waals surface area (Å²) < 4.78 is 16.1. The highest BCUT2D eigenvalue weighted by Crippen LogP contribution is 2.34. The van der Waals surface area contributed by atoms with Crippen LogP contribution in [0.2, 0.25) is 0 Å². The van der Waals surface area contributed by atoms with Crippen LogP contribution in [0.1, 0.15) is 12.0 Å². The third kappa shape index (κ3) is 3.93. The monoisotopic (exact) mass is 293 g/mol. The molecule has 1 aromatic carbocycles. The van der Waals surface area contributed by atoms with Gasteiger partial charge in [-0.3, -0.25) is 4.99 Å². The van der Waals surface area contributed by atoms with Gasteiger partial charge in [-0.1, -0.05) is 0 Å². The molecule has 116 valence electrons. The summed E-state index contributed by atoms with van der Waals surface area (Å²) in [5.41, 5.74) is 1.02. The predicted molar refractivity (Wildman–Crippen MR) is 82.7 cm³/mol. The first-order valence-corrected chi connectivity index (χ1v) is 7.09. The van der Waals surface area contributed by atoms with Crippen molar-refractivity contribution in [3.63, 3.8) is 0 Å². The smallest absolute Gasteiger partial charge is 0.191 e. The van der Waals surface area contributed by atoms with Gasteiger partial charge in [-0.15, -0.1) is 0 Å². The van der Waals surface area contributed by atoms with Crippen molar-refractivity contribution in [2.75, 3.05) is 41.0 Å². The number of nitrogens with zero attached hydrogens (tertiary/aromatic N) is 1. The largest absolute Gasteiger partial charge is 0.496 e. The molecule has 6 heteroatoms. The van der Waals surface area contributed by atoms with Crippen molar-refractivity contribution in [2.45, 2.75) is 12.8 Å². The van der Waals surface area contributed by atoms with Crippen LogP contribution < -0.4 is 24.8 Å². The Balaban J connectivity index is 2.05. The van der Waals surface area contributed by atoms with Crippen molar-refractivity contribution in [3.05, 3.63) is 17.7 Å². The van der Waals surface area contributed by atoms with Gasteiger partial charge < -0.3 is 24.8 Å². The minimum Gasteiger partial charge on any atom is -0.496 e. The van der Waals surface area contributed by atoms with E-state index in [-0.39, 0.29) is 0 Å². The van der Waals surface area contributed by atoms with Crippen LogP contribution >= 0.6 is 0 Å². The van der Waals surface area contributed by atoms with Crippen LogP contribution in [-0.2, 0) is 6.42 Å². The highest BCUT2D eigenvalue weighted by molar-refractivity contribution is 5.80. The Morgan fingerprint density at radius 3 is 2.38 bits per heavy atom. The molecule has 1 aliphatic rings. The highest BCUT2D eigenvalue weighted by Gasteiger charge is 2.13. The third-order valence-electron chi connectivity index (χ3n) is 3.38. The molecule has 2 N–H and O–H groups in total. The van der Waals surface area contributed by atoms with E-state index >= 15 is 0 Å². The van der Waals surface area contributed by atoms with Gasteiger partial charge in [-0.25, -0.2) is 0 Å². The van der Waals surface area contributed by atoms with Gasteiger partial charge in [0.25, 0.3) is 0 Å². The molecule has 2 rings (SSSR count). The lowest BCUT2D eigenvalue weighted by molar-refractivity contribution is 0.368. The maximum Gasteiger partial charge on any atom is 0.191 e. The van der Waals surface area contributed by atoms with Gasteiger partial charge >= 0.3 is 0 Å². The lowest BCUT2D eigenvalue weighted by Crippen LogP contribution is -2.41. The van der Waals surface area contributed by atoms with Crippen LogP contribution in [0.25, 0.3) is 0 Å². The van der Waals surface area contributed by atoms with E-state index in [4.69, 9.17) is 14.2 Å². The van der Waals surface area contributed by atoms with Gasteiger partial charge in [-0.05, 0) is 12.8 Å². The van der Waals surface area contributed by atoms with Gasteiger partial charge in [0.15, 0.2) is 5.96 Å². The molecule has 0 aliphatic carbocycles. The van der Waals surface area contributed by atoms with Crippen LogP contribution in [-0.4, -0.2) is 46.9 Å². The van der Waals surface area contributed by atoms with E-state index in [1.54, 1.807) is 21.3 Å². The van der Waals surface area contributed by atoms with Crippen molar-refractivity contribution >= 4 is 5.96 Å². The summed E-state index contributed by atoms with van der Waals surface area (Å²) in [5, 5.41) is 6.54. The Labute approximate surface area is 125 Å². The van der Waals surface area contributed by atoms with Crippen LogP contribution in [0.5, 0.6) is 17.2 Å². The molecule has 0 radical (unpaired) electrons. The second kappa shape index (κ2) is 7.61. The normalized spacial score (nSPS) is 14.0. The Kier molecular flexibility index (Phi) is 5.54. The fraction of sp³-hybridized carbons (Fsp3) is 0.533. The molecule has 0 aromatic heterocycles. The Morgan fingerprint density at radius 2 is 1.86 bits per heavy atom. The topological polar surface area (TPSA) is 64.1 Å². The zero-order valence-corrected chi connectivity index (χ0v) is 12.9. The number of hydrogen-bond donors (Lipinski definition) is 2. The van der Waals surface area contributed by atoms with E-state index in [0.717, 1.165) is 61.2 Å². The maximum atomic E-state index is 5.44. The van der Waals surface area contributed by atoms with Crippen molar-refractivity contribution in [1.29, 1.82) is 0 Å². The van der Waals surface area contributed by atoms with E-state index in [9.17, 15) is 0 Å². The SMILES string of the molecule is COc1cc(OC)c(CCNC2=NCCCN2)c(OC)c1. The van der Waals surface area contributed by atoms with Crippen LogP contribution in [0, 0.1) is 0 Å². The molecule has 1 aliphatic heterocycles. The zero-order chi connectivity index (χ0) is 15.1. The predicted octanol–water partition coefficient (Wildman–Crippen LogP) is 1.19. The average molecular weight is 293 g/mol. The molecule has 6 nitrogen and oxygen atoms in total. The van der Waals surface area contributed by atoms with Crippen molar-refractivity contribution in [1.82, 2.24) is 10.6 Å². The summed E-state index contributed by atoms with van der Waals surface area (Å²) in [7, 11) is 4.93. The first-order valence-electron chi connectivity index (χ1n) is 7.09. The summed E-state index contributed by atoms with van der Waals surface area (Å²) in [4.78, 5) is 4.39.